The highest BCUT2D eigenvalue weighted by atomic mass is 16.3. The molecule has 0 fully saturated rings. The highest BCUT2D eigenvalue weighted by Crippen LogP contribution is 1.90. The molecule has 0 saturated carbocycles. The van der Waals surface area contributed by atoms with Gasteiger partial charge in [-0.3, -0.25) is 0 Å². The second-order valence-corrected chi connectivity index (χ2v) is 3.74. The first-order valence-corrected chi connectivity index (χ1v) is 4.73. The van der Waals surface area contributed by atoms with Gasteiger partial charge in [0.2, 0.25) is 0 Å². The average molecular weight is 190 g/mol. The van der Waals surface area contributed by atoms with Crippen LogP contribution in [-0.2, 0) is 0 Å². The first-order valence-electron chi connectivity index (χ1n) is 4.73. The molecule has 0 radical (unpaired) electrons. The Hall–Kier alpha value is -0.160. The van der Waals surface area contributed by atoms with Crippen molar-refractivity contribution in [2.75, 3.05) is 33.8 Å². The van der Waals surface area contributed by atoms with E-state index >= 15 is 0 Å². The van der Waals surface area contributed by atoms with E-state index < -0.39 is 0 Å². The summed E-state index contributed by atoms with van der Waals surface area (Å²) in [6.07, 6.45) is 0.394. The second-order valence-electron chi connectivity index (χ2n) is 3.74. The highest BCUT2D eigenvalue weighted by molar-refractivity contribution is 4.66. The fraction of sp³-hybridized carbons (Fsp3) is 1.00. The Bertz CT molecular complexity index is 120. The average Bonchev–Trinajstić information content (AvgIpc) is 2.00. The third-order valence-electron chi connectivity index (χ3n) is 1.84. The van der Waals surface area contributed by atoms with Crippen molar-refractivity contribution in [2.45, 2.75) is 25.5 Å². The summed E-state index contributed by atoms with van der Waals surface area (Å²) in [4.78, 5) is 1.95. The summed E-state index contributed by atoms with van der Waals surface area (Å²) < 4.78 is 0. The van der Waals surface area contributed by atoms with Crippen LogP contribution in [0.15, 0.2) is 0 Å². The predicted molar refractivity (Wildman–Crippen MR) is 53.7 cm³/mol. The molecule has 0 aliphatic heterocycles. The lowest BCUT2D eigenvalue weighted by Crippen LogP contribution is -2.39. The van der Waals surface area contributed by atoms with Crippen LogP contribution in [0, 0.1) is 0 Å². The Balaban J connectivity index is 3.40. The first-order chi connectivity index (χ1) is 6.06. The van der Waals surface area contributed by atoms with E-state index in [1.165, 1.54) is 0 Å². The van der Waals surface area contributed by atoms with Crippen molar-refractivity contribution in [3.05, 3.63) is 0 Å². The maximum absolute atomic E-state index is 9.47. The lowest BCUT2D eigenvalue weighted by atomic mass is 10.2. The third kappa shape index (κ3) is 8.18. The standard InChI is InChI=1S/C9H22N2O2/c1-8(4-5-12)10-6-9(13)7-11(2)3/h8-10,12-13H,4-7H2,1-3H3. The van der Waals surface area contributed by atoms with E-state index in [4.69, 9.17) is 5.11 Å². The van der Waals surface area contributed by atoms with Crippen molar-refractivity contribution in [2.24, 2.45) is 0 Å². The molecule has 0 bridgehead atoms. The van der Waals surface area contributed by atoms with Crippen molar-refractivity contribution < 1.29 is 10.2 Å². The highest BCUT2D eigenvalue weighted by Gasteiger charge is 2.07. The number of rotatable bonds is 7. The zero-order valence-corrected chi connectivity index (χ0v) is 8.82. The summed E-state index contributed by atoms with van der Waals surface area (Å²) in [5.74, 6) is 0. The molecule has 0 aliphatic rings. The molecule has 0 aromatic rings. The molecule has 0 aromatic carbocycles. The van der Waals surface area contributed by atoms with Gasteiger partial charge in [0.1, 0.15) is 0 Å². The molecule has 0 rings (SSSR count). The molecule has 2 unspecified atom stereocenters. The minimum absolute atomic E-state index is 0.192. The van der Waals surface area contributed by atoms with Gasteiger partial charge in [-0.15, -0.1) is 0 Å². The molecule has 0 saturated heterocycles. The normalized spacial score (nSPS) is 16.2. The van der Waals surface area contributed by atoms with Crippen LogP contribution < -0.4 is 5.32 Å². The zero-order chi connectivity index (χ0) is 10.3. The minimum atomic E-state index is -0.337. The van der Waals surface area contributed by atoms with E-state index in [9.17, 15) is 5.11 Å². The van der Waals surface area contributed by atoms with Crippen LogP contribution in [0.1, 0.15) is 13.3 Å². The van der Waals surface area contributed by atoms with Gasteiger partial charge in [-0.2, -0.15) is 0 Å². The van der Waals surface area contributed by atoms with Gasteiger partial charge in [0.15, 0.2) is 0 Å². The Morgan fingerprint density at radius 3 is 2.46 bits per heavy atom. The summed E-state index contributed by atoms with van der Waals surface area (Å²) in [6.45, 7) is 3.44. The molecule has 0 spiro atoms. The number of aliphatic hydroxyl groups excluding tert-OH is 2. The monoisotopic (exact) mass is 190 g/mol. The Kier molecular flexibility index (Phi) is 7.17. The van der Waals surface area contributed by atoms with E-state index in [0.717, 1.165) is 6.42 Å². The smallest absolute Gasteiger partial charge is 0.0791 e. The summed E-state index contributed by atoms with van der Waals surface area (Å²) in [7, 11) is 3.86. The lowest BCUT2D eigenvalue weighted by molar-refractivity contribution is 0.130. The molecule has 4 nitrogen and oxygen atoms in total. The maximum atomic E-state index is 9.47. The van der Waals surface area contributed by atoms with E-state index in [0.29, 0.717) is 13.1 Å². The number of hydrogen-bond acceptors (Lipinski definition) is 4. The van der Waals surface area contributed by atoms with Crippen LogP contribution in [0.5, 0.6) is 0 Å². The Labute approximate surface area is 80.6 Å². The second kappa shape index (κ2) is 7.26. The van der Waals surface area contributed by atoms with Crippen molar-refractivity contribution in [3.8, 4) is 0 Å². The molecular formula is C9H22N2O2. The summed E-state index contributed by atoms with van der Waals surface area (Å²) >= 11 is 0. The molecule has 80 valence electrons. The molecular weight excluding hydrogens is 168 g/mol. The van der Waals surface area contributed by atoms with E-state index in [2.05, 4.69) is 5.32 Å². The SMILES string of the molecule is CC(CCO)NCC(O)CN(C)C. The predicted octanol–water partition coefficient (Wildman–Crippen LogP) is -0.731. The van der Waals surface area contributed by atoms with Crippen LogP contribution in [0.4, 0.5) is 0 Å². The fourth-order valence-electron chi connectivity index (χ4n) is 1.12. The molecule has 0 amide bonds. The minimum Gasteiger partial charge on any atom is -0.396 e. The van der Waals surface area contributed by atoms with Crippen molar-refractivity contribution in [1.29, 1.82) is 0 Å². The van der Waals surface area contributed by atoms with Crippen molar-refractivity contribution >= 4 is 0 Å². The molecule has 13 heavy (non-hydrogen) atoms. The number of likely N-dealkylation sites (N-methyl/N-ethyl adjacent to an activating group) is 1. The fourth-order valence-corrected chi connectivity index (χ4v) is 1.12. The third-order valence-corrected chi connectivity index (χ3v) is 1.84. The van der Waals surface area contributed by atoms with Gasteiger partial charge >= 0.3 is 0 Å². The van der Waals surface area contributed by atoms with Crippen LogP contribution in [0.3, 0.4) is 0 Å². The lowest BCUT2D eigenvalue weighted by Gasteiger charge is -2.19. The molecule has 0 aromatic heterocycles. The molecule has 2 atom stereocenters. The van der Waals surface area contributed by atoms with Gasteiger partial charge < -0.3 is 20.4 Å². The summed E-state index contributed by atoms with van der Waals surface area (Å²) in [6, 6.07) is 0.266. The van der Waals surface area contributed by atoms with Crippen LogP contribution >= 0.6 is 0 Å². The molecule has 0 heterocycles. The maximum Gasteiger partial charge on any atom is 0.0791 e. The molecule has 3 N–H and O–H groups in total. The largest absolute Gasteiger partial charge is 0.396 e. The first kappa shape index (κ1) is 12.8. The number of aliphatic hydroxyl groups is 2. The number of nitrogens with one attached hydrogen (secondary N) is 1. The Morgan fingerprint density at radius 1 is 1.38 bits per heavy atom. The molecule has 0 aliphatic carbocycles. The quantitative estimate of drug-likeness (QED) is 0.495. The topological polar surface area (TPSA) is 55.7 Å². The van der Waals surface area contributed by atoms with E-state index in [1.807, 2.05) is 25.9 Å². The van der Waals surface area contributed by atoms with E-state index in [-0.39, 0.29) is 18.8 Å². The zero-order valence-electron chi connectivity index (χ0n) is 8.82. The van der Waals surface area contributed by atoms with Crippen molar-refractivity contribution in [3.63, 3.8) is 0 Å². The van der Waals surface area contributed by atoms with Gasteiger partial charge in [0, 0.05) is 25.7 Å². The number of nitrogens with zero attached hydrogens (tertiary/aromatic N) is 1. The van der Waals surface area contributed by atoms with Gasteiger partial charge in [-0.05, 0) is 27.4 Å². The summed E-state index contributed by atoms with van der Waals surface area (Å²) in [5.41, 5.74) is 0. The van der Waals surface area contributed by atoms with Gasteiger partial charge in [0.25, 0.3) is 0 Å². The van der Waals surface area contributed by atoms with Gasteiger partial charge in [-0.25, -0.2) is 0 Å². The Morgan fingerprint density at radius 2 is 2.00 bits per heavy atom. The van der Waals surface area contributed by atoms with Gasteiger partial charge in [0.05, 0.1) is 6.10 Å². The number of hydrogen-bond donors (Lipinski definition) is 3. The van der Waals surface area contributed by atoms with Crippen LogP contribution in [0.2, 0.25) is 0 Å². The van der Waals surface area contributed by atoms with E-state index in [1.54, 1.807) is 0 Å². The van der Waals surface area contributed by atoms with Crippen LogP contribution in [0.25, 0.3) is 0 Å². The molecule has 4 heteroatoms. The summed E-state index contributed by atoms with van der Waals surface area (Å²) in [5, 5.41) is 21.3. The van der Waals surface area contributed by atoms with Gasteiger partial charge in [-0.1, -0.05) is 0 Å². The van der Waals surface area contributed by atoms with Crippen molar-refractivity contribution in [1.82, 2.24) is 10.2 Å². The van der Waals surface area contributed by atoms with Crippen LogP contribution in [-0.4, -0.2) is 61.1 Å².